The molecule has 1 aliphatic rings. The molecule has 0 spiro atoms. The van der Waals surface area contributed by atoms with Crippen LogP contribution in [0.1, 0.15) is 48.5 Å². The summed E-state index contributed by atoms with van der Waals surface area (Å²) in [5, 5.41) is 9.78. The van der Waals surface area contributed by atoms with Gasteiger partial charge in [0.25, 0.3) is 0 Å². The van der Waals surface area contributed by atoms with Gasteiger partial charge in [0, 0.05) is 5.41 Å². The molecular formula is C15H26O. The maximum Gasteiger partial charge on any atom is 0.0906 e. The number of hydrogen-bond acceptors (Lipinski definition) is 1. The smallest absolute Gasteiger partial charge is 0.0906 e. The summed E-state index contributed by atoms with van der Waals surface area (Å²) in [6.45, 7) is 15.7. The van der Waals surface area contributed by atoms with Crippen LogP contribution in [0.15, 0.2) is 23.8 Å². The first-order valence-corrected chi connectivity index (χ1v) is 6.09. The fraction of sp³-hybridized carbons (Fsp3) is 0.733. The topological polar surface area (TPSA) is 20.2 Å². The van der Waals surface area contributed by atoms with Crippen molar-refractivity contribution in [3.8, 4) is 0 Å². The Bertz CT molecular complexity index is 322. The molecule has 0 amide bonds. The van der Waals surface area contributed by atoms with Crippen LogP contribution < -0.4 is 0 Å². The number of aliphatic hydroxyl groups is 1. The van der Waals surface area contributed by atoms with Crippen molar-refractivity contribution in [1.82, 2.24) is 0 Å². The van der Waals surface area contributed by atoms with Crippen LogP contribution in [-0.4, -0.2) is 11.2 Å². The van der Waals surface area contributed by atoms with Gasteiger partial charge in [-0.25, -0.2) is 0 Å². The van der Waals surface area contributed by atoms with Crippen LogP contribution in [0.4, 0.5) is 0 Å². The van der Waals surface area contributed by atoms with E-state index in [4.69, 9.17) is 0 Å². The van der Waals surface area contributed by atoms with Crippen molar-refractivity contribution in [3.05, 3.63) is 23.8 Å². The molecule has 0 heterocycles. The molecule has 0 fully saturated rings. The van der Waals surface area contributed by atoms with E-state index < -0.39 is 6.10 Å². The van der Waals surface area contributed by atoms with Crippen molar-refractivity contribution >= 4 is 0 Å². The molecular weight excluding hydrogens is 196 g/mol. The summed E-state index contributed by atoms with van der Waals surface area (Å²) in [6.07, 6.45) is 5.67. The first-order chi connectivity index (χ1) is 6.98. The number of allylic oxidation sites excluding steroid dienone is 2. The Morgan fingerprint density at radius 3 is 2.00 bits per heavy atom. The van der Waals surface area contributed by atoms with Gasteiger partial charge in [-0.05, 0) is 10.8 Å². The van der Waals surface area contributed by atoms with Crippen LogP contribution in [-0.2, 0) is 0 Å². The van der Waals surface area contributed by atoms with Crippen LogP contribution in [0, 0.1) is 16.2 Å². The zero-order valence-corrected chi connectivity index (χ0v) is 11.8. The van der Waals surface area contributed by atoms with Gasteiger partial charge in [0.2, 0.25) is 0 Å². The predicted molar refractivity (Wildman–Crippen MR) is 70.2 cm³/mol. The van der Waals surface area contributed by atoms with Crippen LogP contribution in [0.2, 0.25) is 0 Å². The Morgan fingerprint density at radius 1 is 1.12 bits per heavy atom. The van der Waals surface area contributed by atoms with Crippen molar-refractivity contribution in [2.45, 2.75) is 54.6 Å². The molecule has 0 aliphatic heterocycles. The second-order valence-corrected chi connectivity index (χ2v) is 7.13. The standard InChI is InChI=1S/C15H26O/c1-13(2,3)12-10-11(16)8-9-15(12,7)14(4,5)6/h8-11,16H,1-7H3. The first kappa shape index (κ1) is 13.5. The summed E-state index contributed by atoms with van der Waals surface area (Å²) >= 11 is 0. The maximum absolute atomic E-state index is 9.78. The highest BCUT2D eigenvalue weighted by molar-refractivity contribution is 5.35. The Labute approximate surface area is 100 Å². The molecule has 1 aliphatic carbocycles. The second-order valence-electron chi connectivity index (χ2n) is 7.13. The van der Waals surface area contributed by atoms with Gasteiger partial charge >= 0.3 is 0 Å². The third-order valence-corrected chi connectivity index (χ3v) is 3.89. The Kier molecular flexibility index (Phi) is 3.15. The second kappa shape index (κ2) is 3.73. The third-order valence-electron chi connectivity index (χ3n) is 3.89. The molecule has 0 radical (unpaired) electrons. The molecule has 1 nitrogen and oxygen atoms in total. The zero-order chi connectivity index (χ0) is 12.8. The molecule has 0 saturated heterocycles. The molecule has 0 aromatic rings. The van der Waals surface area contributed by atoms with E-state index in [9.17, 15) is 5.11 Å². The summed E-state index contributed by atoms with van der Waals surface area (Å²) in [4.78, 5) is 0. The highest BCUT2D eigenvalue weighted by Crippen LogP contribution is 2.53. The molecule has 2 unspecified atom stereocenters. The SMILES string of the molecule is CC(C)(C)C1=CC(O)C=CC1(C)C(C)(C)C. The summed E-state index contributed by atoms with van der Waals surface area (Å²) < 4.78 is 0. The van der Waals surface area contributed by atoms with Crippen molar-refractivity contribution in [1.29, 1.82) is 0 Å². The van der Waals surface area contributed by atoms with Gasteiger partial charge in [-0.2, -0.15) is 0 Å². The van der Waals surface area contributed by atoms with Crippen molar-refractivity contribution in [3.63, 3.8) is 0 Å². The van der Waals surface area contributed by atoms with Gasteiger partial charge in [-0.3, -0.25) is 0 Å². The lowest BCUT2D eigenvalue weighted by Crippen LogP contribution is -2.40. The quantitative estimate of drug-likeness (QED) is 0.615. The molecule has 0 aromatic carbocycles. The average molecular weight is 222 g/mol. The van der Waals surface area contributed by atoms with Crippen LogP contribution in [0.25, 0.3) is 0 Å². The lowest BCUT2D eigenvalue weighted by molar-refractivity contribution is 0.164. The highest BCUT2D eigenvalue weighted by atomic mass is 16.3. The monoisotopic (exact) mass is 222 g/mol. The minimum atomic E-state index is -0.426. The van der Waals surface area contributed by atoms with E-state index in [2.05, 4.69) is 54.5 Å². The average Bonchev–Trinajstić information content (AvgIpc) is 2.05. The van der Waals surface area contributed by atoms with Crippen molar-refractivity contribution in [2.75, 3.05) is 0 Å². The summed E-state index contributed by atoms with van der Waals surface area (Å²) in [6, 6.07) is 0. The van der Waals surface area contributed by atoms with Gasteiger partial charge in [0.1, 0.15) is 0 Å². The van der Waals surface area contributed by atoms with E-state index in [0.29, 0.717) is 0 Å². The fourth-order valence-electron chi connectivity index (χ4n) is 2.46. The minimum Gasteiger partial charge on any atom is -0.385 e. The van der Waals surface area contributed by atoms with Gasteiger partial charge < -0.3 is 5.11 Å². The van der Waals surface area contributed by atoms with E-state index in [-0.39, 0.29) is 16.2 Å². The molecule has 0 bridgehead atoms. The highest BCUT2D eigenvalue weighted by Gasteiger charge is 2.44. The summed E-state index contributed by atoms with van der Waals surface area (Å²) in [5.74, 6) is 0. The first-order valence-electron chi connectivity index (χ1n) is 6.09. The van der Waals surface area contributed by atoms with Crippen LogP contribution in [0.5, 0.6) is 0 Å². The largest absolute Gasteiger partial charge is 0.385 e. The number of rotatable bonds is 0. The predicted octanol–water partition coefficient (Wildman–Crippen LogP) is 3.94. The molecule has 16 heavy (non-hydrogen) atoms. The molecule has 92 valence electrons. The number of aliphatic hydroxyl groups excluding tert-OH is 1. The van der Waals surface area contributed by atoms with Gasteiger partial charge in [-0.15, -0.1) is 0 Å². The molecule has 1 heteroatoms. The Balaban J connectivity index is 3.30. The molecule has 2 atom stereocenters. The van der Waals surface area contributed by atoms with Crippen LogP contribution in [0.3, 0.4) is 0 Å². The maximum atomic E-state index is 9.78. The molecule has 0 aromatic heterocycles. The summed E-state index contributed by atoms with van der Waals surface area (Å²) in [5.41, 5.74) is 1.60. The Hall–Kier alpha value is -0.560. The van der Waals surface area contributed by atoms with E-state index in [1.54, 1.807) is 0 Å². The minimum absolute atomic E-state index is 0.0183. The number of hydrogen-bond donors (Lipinski definition) is 1. The lowest BCUT2D eigenvalue weighted by atomic mass is 9.56. The fourth-order valence-corrected chi connectivity index (χ4v) is 2.46. The molecule has 0 saturated carbocycles. The third kappa shape index (κ3) is 2.24. The lowest BCUT2D eigenvalue weighted by Gasteiger charge is -2.48. The van der Waals surface area contributed by atoms with Crippen molar-refractivity contribution in [2.24, 2.45) is 16.2 Å². The van der Waals surface area contributed by atoms with E-state index in [1.165, 1.54) is 5.57 Å². The summed E-state index contributed by atoms with van der Waals surface area (Å²) in [7, 11) is 0. The van der Waals surface area contributed by atoms with Crippen LogP contribution >= 0.6 is 0 Å². The van der Waals surface area contributed by atoms with E-state index in [1.807, 2.05) is 12.2 Å². The molecule has 1 N–H and O–H groups in total. The zero-order valence-electron chi connectivity index (χ0n) is 11.8. The normalized spacial score (nSPS) is 31.5. The van der Waals surface area contributed by atoms with E-state index in [0.717, 1.165) is 0 Å². The van der Waals surface area contributed by atoms with Crippen molar-refractivity contribution < 1.29 is 5.11 Å². The molecule has 1 rings (SSSR count). The van der Waals surface area contributed by atoms with E-state index >= 15 is 0 Å². The van der Waals surface area contributed by atoms with Gasteiger partial charge in [-0.1, -0.05) is 72.3 Å². The van der Waals surface area contributed by atoms with Gasteiger partial charge in [0.15, 0.2) is 0 Å². The Morgan fingerprint density at radius 2 is 1.62 bits per heavy atom. The van der Waals surface area contributed by atoms with Gasteiger partial charge in [0.05, 0.1) is 6.10 Å².